The van der Waals surface area contributed by atoms with Crippen LogP contribution in [0.4, 0.5) is 0 Å². The van der Waals surface area contributed by atoms with Crippen molar-refractivity contribution in [1.29, 1.82) is 0 Å². The summed E-state index contributed by atoms with van der Waals surface area (Å²) in [4.78, 5) is 21.6. The Balaban J connectivity index is 4.12. The van der Waals surface area contributed by atoms with Crippen LogP contribution in [0.3, 0.4) is 0 Å². The van der Waals surface area contributed by atoms with Crippen molar-refractivity contribution < 1.29 is 14.3 Å². The standard InChI is InChI=1S/C7H12O3S/c1-4(7(9)10-3)6(11)5(2)8/h4,6,11H,1-3H3. The van der Waals surface area contributed by atoms with Crippen molar-refractivity contribution in [2.45, 2.75) is 19.1 Å². The van der Waals surface area contributed by atoms with Gasteiger partial charge in [0.2, 0.25) is 0 Å². The van der Waals surface area contributed by atoms with Gasteiger partial charge in [-0.2, -0.15) is 12.6 Å². The van der Waals surface area contributed by atoms with E-state index in [1.165, 1.54) is 14.0 Å². The first-order valence-corrected chi connectivity index (χ1v) is 3.78. The van der Waals surface area contributed by atoms with E-state index in [1.807, 2.05) is 0 Å². The van der Waals surface area contributed by atoms with Gasteiger partial charge >= 0.3 is 5.97 Å². The third-order valence-electron chi connectivity index (χ3n) is 1.46. The normalized spacial score (nSPS) is 15.3. The Kier molecular flexibility index (Phi) is 4.18. The summed E-state index contributed by atoms with van der Waals surface area (Å²) in [7, 11) is 1.29. The zero-order valence-corrected chi connectivity index (χ0v) is 7.72. The van der Waals surface area contributed by atoms with E-state index in [9.17, 15) is 9.59 Å². The molecule has 2 atom stereocenters. The number of ketones is 1. The van der Waals surface area contributed by atoms with Crippen molar-refractivity contribution in [1.82, 2.24) is 0 Å². The Bertz CT molecular complexity index is 167. The summed E-state index contributed by atoms with van der Waals surface area (Å²) in [6.07, 6.45) is 0. The molecule has 0 rings (SSSR count). The lowest BCUT2D eigenvalue weighted by molar-refractivity contribution is -0.145. The molecular formula is C7H12O3S. The van der Waals surface area contributed by atoms with Gasteiger partial charge in [-0.05, 0) is 6.92 Å². The minimum Gasteiger partial charge on any atom is -0.469 e. The van der Waals surface area contributed by atoms with E-state index in [-0.39, 0.29) is 5.78 Å². The molecule has 0 aromatic heterocycles. The predicted molar refractivity (Wildman–Crippen MR) is 44.6 cm³/mol. The fraction of sp³-hybridized carbons (Fsp3) is 0.714. The minimum absolute atomic E-state index is 0.119. The highest BCUT2D eigenvalue weighted by molar-refractivity contribution is 7.81. The van der Waals surface area contributed by atoms with Crippen LogP contribution in [0.2, 0.25) is 0 Å². The van der Waals surface area contributed by atoms with Crippen molar-refractivity contribution in [3.63, 3.8) is 0 Å². The van der Waals surface area contributed by atoms with Gasteiger partial charge in [-0.15, -0.1) is 0 Å². The van der Waals surface area contributed by atoms with E-state index in [4.69, 9.17) is 0 Å². The quantitative estimate of drug-likeness (QED) is 0.508. The van der Waals surface area contributed by atoms with Gasteiger partial charge in [0.15, 0.2) is 0 Å². The minimum atomic E-state index is -0.553. The highest BCUT2D eigenvalue weighted by atomic mass is 32.1. The SMILES string of the molecule is COC(=O)C(C)C(S)C(C)=O. The Morgan fingerprint density at radius 1 is 1.45 bits per heavy atom. The molecule has 0 N–H and O–H groups in total. The van der Waals surface area contributed by atoms with Crippen LogP contribution in [0.25, 0.3) is 0 Å². The summed E-state index contributed by atoms with van der Waals surface area (Å²) < 4.78 is 4.44. The van der Waals surface area contributed by atoms with Gasteiger partial charge in [0.1, 0.15) is 5.78 Å². The number of Topliss-reactive ketones (excluding diaryl/α,β-unsaturated/α-hetero) is 1. The number of ether oxygens (including phenoxy) is 1. The molecule has 0 saturated heterocycles. The van der Waals surface area contributed by atoms with E-state index < -0.39 is 17.1 Å². The molecule has 0 aromatic carbocycles. The number of thiol groups is 1. The van der Waals surface area contributed by atoms with E-state index in [1.54, 1.807) is 6.92 Å². The first kappa shape index (κ1) is 10.5. The van der Waals surface area contributed by atoms with Crippen LogP contribution in [-0.2, 0) is 14.3 Å². The molecule has 0 radical (unpaired) electrons. The second-order valence-corrected chi connectivity index (χ2v) is 2.92. The molecule has 0 heterocycles. The zero-order valence-electron chi connectivity index (χ0n) is 6.83. The molecule has 0 spiro atoms. The van der Waals surface area contributed by atoms with Crippen molar-refractivity contribution >= 4 is 24.4 Å². The van der Waals surface area contributed by atoms with E-state index >= 15 is 0 Å². The molecule has 0 bridgehead atoms. The summed E-state index contributed by atoms with van der Waals surface area (Å²) in [6.45, 7) is 3.02. The van der Waals surface area contributed by atoms with Gasteiger partial charge in [-0.25, -0.2) is 0 Å². The molecule has 2 unspecified atom stereocenters. The maximum Gasteiger partial charge on any atom is 0.309 e. The van der Waals surface area contributed by atoms with E-state index in [0.717, 1.165) is 0 Å². The highest BCUT2D eigenvalue weighted by Crippen LogP contribution is 2.11. The summed E-state index contributed by atoms with van der Waals surface area (Å²) in [6, 6.07) is 0. The number of hydrogen-bond donors (Lipinski definition) is 1. The molecule has 3 nitrogen and oxygen atoms in total. The molecule has 0 aromatic rings. The Morgan fingerprint density at radius 3 is 2.18 bits per heavy atom. The number of methoxy groups -OCH3 is 1. The molecule has 0 saturated carbocycles. The lowest BCUT2D eigenvalue weighted by Gasteiger charge is -2.12. The molecule has 0 aliphatic heterocycles. The summed E-state index contributed by atoms with van der Waals surface area (Å²) in [5, 5.41) is -0.553. The maximum absolute atomic E-state index is 10.8. The molecular weight excluding hydrogens is 164 g/mol. The zero-order chi connectivity index (χ0) is 9.02. The third kappa shape index (κ3) is 2.93. The third-order valence-corrected chi connectivity index (χ3v) is 2.27. The summed E-state index contributed by atoms with van der Waals surface area (Å²) in [5.74, 6) is -0.993. The molecule has 11 heavy (non-hydrogen) atoms. The molecule has 0 amide bonds. The smallest absolute Gasteiger partial charge is 0.309 e. The number of carbonyl (C=O) groups excluding carboxylic acids is 2. The van der Waals surface area contributed by atoms with Gasteiger partial charge in [-0.3, -0.25) is 9.59 Å². The van der Waals surface area contributed by atoms with Gasteiger partial charge in [0, 0.05) is 0 Å². The van der Waals surface area contributed by atoms with Crippen molar-refractivity contribution in [2.75, 3.05) is 7.11 Å². The molecule has 4 heteroatoms. The highest BCUT2D eigenvalue weighted by Gasteiger charge is 2.24. The summed E-state index contributed by atoms with van der Waals surface area (Å²) >= 11 is 3.96. The number of rotatable bonds is 3. The van der Waals surface area contributed by atoms with Crippen LogP contribution in [0, 0.1) is 5.92 Å². The van der Waals surface area contributed by atoms with Crippen LogP contribution in [0.15, 0.2) is 0 Å². The summed E-state index contributed by atoms with van der Waals surface area (Å²) in [5.41, 5.74) is 0. The molecule has 64 valence electrons. The van der Waals surface area contributed by atoms with Crippen LogP contribution >= 0.6 is 12.6 Å². The van der Waals surface area contributed by atoms with Crippen molar-refractivity contribution in [3.8, 4) is 0 Å². The van der Waals surface area contributed by atoms with Gasteiger partial charge in [-0.1, -0.05) is 6.92 Å². The average Bonchev–Trinajstić information content (AvgIpc) is 2.00. The van der Waals surface area contributed by atoms with Crippen molar-refractivity contribution in [3.05, 3.63) is 0 Å². The monoisotopic (exact) mass is 176 g/mol. The van der Waals surface area contributed by atoms with Crippen LogP contribution in [0.5, 0.6) is 0 Å². The van der Waals surface area contributed by atoms with Crippen LogP contribution in [0.1, 0.15) is 13.8 Å². The van der Waals surface area contributed by atoms with Gasteiger partial charge in [0.25, 0.3) is 0 Å². The largest absolute Gasteiger partial charge is 0.469 e. The first-order valence-electron chi connectivity index (χ1n) is 3.27. The number of carbonyl (C=O) groups is 2. The van der Waals surface area contributed by atoms with Crippen LogP contribution < -0.4 is 0 Å². The van der Waals surface area contributed by atoms with Gasteiger partial charge < -0.3 is 4.74 Å². The van der Waals surface area contributed by atoms with E-state index in [0.29, 0.717) is 0 Å². The maximum atomic E-state index is 10.8. The second kappa shape index (κ2) is 4.38. The Hall–Kier alpha value is -0.510. The Labute approximate surface area is 71.5 Å². The topological polar surface area (TPSA) is 43.4 Å². The Morgan fingerprint density at radius 2 is 1.91 bits per heavy atom. The fourth-order valence-electron chi connectivity index (χ4n) is 0.667. The number of hydrogen-bond acceptors (Lipinski definition) is 4. The van der Waals surface area contributed by atoms with E-state index in [2.05, 4.69) is 17.4 Å². The first-order chi connectivity index (χ1) is 5.00. The average molecular weight is 176 g/mol. The lowest BCUT2D eigenvalue weighted by Crippen LogP contribution is -2.27. The second-order valence-electron chi connectivity index (χ2n) is 2.37. The van der Waals surface area contributed by atoms with Gasteiger partial charge in [0.05, 0.1) is 18.3 Å². The lowest BCUT2D eigenvalue weighted by atomic mass is 10.1. The molecule has 0 aliphatic carbocycles. The molecule has 0 fully saturated rings. The predicted octanol–water partition coefficient (Wildman–Crippen LogP) is 0.683. The fourth-order valence-corrected chi connectivity index (χ4v) is 0.789. The van der Waals surface area contributed by atoms with Crippen molar-refractivity contribution in [2.24, 2.45) is 5.92 Å². The molecule has 0 aliphatic rings. The number of esters is 1. The van der Waals surface area contributed by atoms with Crippen LogP contribution in [-0.4, -0.2) is 24.1 Å².